The van der Waals surface area contributed by atoms with Crippen LogP contribution in [-0.2, 0) is 14.8 Å². The minimum atomic E-state index is -4.84. The van der Waals surface area contributed by atoms with Crippen LogP contribution in [0, 0.1) is 13.8 Å². The lowest BCUT2D eigenvalue weighted by molar-refractivity contribution is -0.274. The predicted molar refractivity (Wildman–Crippen MR) is 125 cm³/mol. The number of sulfonamides is 1. The Bertz CT molecular complexity index is 1290. The molecular weight excluding hydrogens is 485 g/mol. The summed E-state index contributed by atoms with van der Waals surface area (Å²) in [5.74, 6) is -0.926. The number of hydrogen-bond donors (Lipinski definition) is 1. The molecule has 3 rings (SSSR count). The summed E-state index contributed by atoms with van der Waals surface area (Å²) < 4.78 is 74.3. The molecule has 0 aliphatic heterocycles. The number of carbonyl (C=O) groups excluding carboxylic acids is 1. The van der Waals surface area contributed by atoms with Crippen LogP contribution in [0.15, 0.2) is 71.6 Å². The fraction of sp³-hybridized carbons (Fsp3) is 0.208. The summed E-state index contributed by atoms with van der Waals surface area (Å²) in [6, 6.07) is 15.6. The van der Waals surface area contributed by atoms with E-state index in [0.717, 1.165) is 27.6 Å². The van der Waals surface area contributed by atoms with E-state index in [1.807, 2.05) is 6.92 Å². The number of aryl methyl sites for hydroxylation is 2. The number of methoxy groups -OCH3 is 1. The minimum Gasteiger partial charge on any atom is -0.495 e. The monoisotopic (exact) mass is 508 g/mol. The van der Waals surface area contributed by atoms with Crippen LogP contribution in [0.5, 0.6) is 11.5 Å². The summed E-state index contributed by atoms with van der Waals surface area (Å²) in [5, 5.41) is 2.49. The number of anilines is 2. The molecule has 11 heteroatoms. The highest BCUT2D eigenvalue weighted by molar-refractivity contribution is 7.92. The Kier molecular flexibility index (Phi) is 7.59. The second kappa shape index (κ2) is 10.3. The van der Waals surface area contributed by atoms with Gasteiger partial charge in [-0.1, -0.05) is 23.8 Å². The number of benzene rings is 3. The number of halogens is 3. The normalized spacial score (nSPS) is 11.6. The first-order valence-corrected chi connectivity index (χ1v) is 11.7. The lowest BCUT2D eigenvalue weighted by Crippen LogP contribution is -2.38. The molecule has 3 aromatic carbocycles. The maximum Gasteiger partial charge on any atom is 0.573 e. The smallest absolute Gasteiger partial charge is 0.495 e. The van der Waals surface area contributed by atoms with E-state index in [2.05, 4.69) is 10.1 Å². The number of amides is 1. The maximum atomic E-state index is 13.6. The van der Waals surface area contributed by atoms with Crippen LogP contribution in [0.3, 0.4) is 0 Å². The molecule has 0 heterocycles. The van der Waals surface area contributed by atoms with Gasteiger partial charge >= 0.3 is 6.36 Å². The molecule has 0 bridgehead atoms. The van der Waals surface area contributed by atoms with Crippen molar-refractivity contribution in [1.29, 1.82) is 0 Å². The van der Waals surface area contributed by atoms with E-state index in [1.54, 1.807) is 37.3 Å². The van der Waals surface area contributed by atoms with Crippen LogP contribution >= 0.6 is 0 Å². The van der Waals surface area contributed by atoms with Crippen molar-refractivity contribution in [2.24, 2.45) is 0 Å². The molecule has 0 radical (unpaired) electrons. The second-order valence-corrected chi connectivity index (χ2v) is 9.48. The van der Waals surface area contributed by atoms with Gasteiger partial charge in [0.1, 0.15) is 18.0 Å². The van der Waals surface area contributed by atoms with Crippen molar-refractivity contribution in [3.8, 4) is 11.5 Å². The summed E-state index contributed by atoms with van der Waals surface area (Å²) in [5.41, 5.74) is 1.93. The summed E-state index contributed by atoms with van der Waals surface area (Å²) >= 11 is 0. The zero-order chi connectivity index (χ0) is 25.8. The largest absolute Gasteiger partial charge is 0.573 e. The van der Waals surface area contributed by atoms with Gasteiger partial charge in [-0.3, -0.25) is 9.10 Å². The quantitative estimate of drug-likeness (QED) is 0.461. The molecule has 3 aromatic rings. The lowest BCUT2D eigenvalue weighted by Gasteiger charge is -2.26. The van der Waals surface area contributed by atoms with Crippen molar-refractivity contribution in [3.05, 3.63) is 77.9 Å². The minimum absolute atomic E-state index is 0.0203. The van der Waals surface area contributed by atoms with E-state index in [-0.39, 0.29) is 22.0 Å². The van der Waals surface area contributed by atoms with Crippen LogP contribution in [0.1, 0.15) is 11.1 Å². The van der Waals surface area contributed by atoms with Crippen LogP contribution in [0.25, 0.3) is 0 Å². The molecule has 0 atom stereocenters. The Balaban J connectivity index is 1.92. The molecule has 7 nitrogen and oxygen atoms in total. The van der Waals surface area contributed by atoms with Crippen molar-refractivity contribution in [2.75, 3.05) is 23.3 Å². The highest BCUT2D eigenvalue weighted by Gasteiger charge is 2.31. The van der Waals surface area contributed by atoms with Gasteiger partial charge in [-0.25, -0.2) is 8.42 Å². The van der Waals surface area contributed by atoms with E-state index in [0.29, 0.717) is 0 Å². The van der Waals surface area contributed by atoms with Crippen LogP contribution in [-0.4, -0.2) is 34.3 Å². The number of alkyl halides is 3. The van der Waals surface area contributed by atoms with Gasteiger partial charge in [0.05, 0.1) is 17.7 Å². The van der Waals surface area contributed by atoms with Gasteiger partial charge in [-0.05, 0) is 67.9 Å². The second-order valence-electron chi connectivity index (χ2n) is 7.62. The van der Waals surface area contributed by atoms with Gasteiger partial charge < -0.3 is 14.8 Å². The van der Waals surface area contributed by atoms with E-state index >= 15 is 0 Å². The van der Waals surface area contributed by atoms with E-state index in [9.17, 15) is 26.4 Å². The van der Waals surface area contributed by atoms with Crippen LogP contribution < -0.4 is 19.1 Å². The molecule has 1 N–H and O–H groups in total. The lowest BCUT2D eigenvalue weighted by atomic mass is 10.2. The van der Waals surface area contributed by atoms with Gasteiger partial charge in [0.15, 0.2) is 0 Å². The van der Waals surface area contributed by atoms with Crippen LogP contribution in [0.2, 0.25) is 0 Å². The standard InChI is InChI=1S/C24H23F3N2O5S/c1-16-4-11-20(12-5-16)35(31,32)29(21-14-17(2)6-13-22(21)33-3)15-23(30)28-18-7-9-19(10-8-18)34-24(25,26)27/h4-14H,15H2,1-3H3,(H,28,30). The zero-order valence-electron chi connectivity index (χ0n) is 19.1. The molecule has 0 aliphatic carbocycles. The number of nitrogens with one attached hydrogen (secondary N) is 1. The Morgan fingerprint density at radius 3 is 2.11 bits per heavy atom. The third-order valence-corrected chi connectivity index (χ3v) is 6.64. The van der Waals surface area contributed by atoms with Gasteiger partial charge in [-0.2, -0.15) is 0 Å². The number of carbonyl (C=O) groups is 1. The summed E-state index contributed by atoms with van der Waals surface area (Å²) in [6.45, 7) is 2.97. The molecule has 0 fully saturated rings. The van der Waals surface area contributed by atoms with E-state index < -0.39 is 34.6 Å². The number of nitrogens with zero attached hydrogens (tertiary/aromatic N) is 1. The third-order valence-electron chi connectivity index (χ3n) is 4.87. The molecule has 186 valence electrons. The summed E-state index contributed by atoms with van der Waals surface area (Å²) in [6.07, 6.45) is -4.84. The topological polar surface area (TPSA) is 84.9 Å². The fourth-order valence-corrected chi connectivity index (χ4v) is 4.63. The SMILES string of the molecule is COc1ccc(C)cc1N(CC(=O)Nc1ccc(OC(F)(F)F)cc1)S(=O)(=O)c1ccc(C)cc1. The summed E-state index contributed by atoms with van der Waals surface area (Å²) in [7, 11) is -2.80. The molecule has 0 unspecified atom stereocenters. The van der Waals surface area contributed by atoms with E-state index in [1.165, 1.54) is 31.4 Å². The predicted octanol–water partition coefficient (Wildman–Crippen LogP) is 5.04. The van der Waals surface area contributed by atoms with Crippen molar-refractivity contribution in [2.45, 2.75) is 25.1 Å². The zero-order valence-corrected chi connectivity index (χ0v) is 19.9. The number of ether oxygens (including phenoxy) is 2. The van der Waals surface area contributed by atoms with Gasteiger partial charge in [0.2, 0.25) is 5.91 Å². The van der Waals surface area contributed by atoms with Crippen molar-refractivity contribution in [1.82, 2.24) is 0 Å². The van der Waals surface area contributed by atoms with Gasteiger partial charge in [0, 0.05) is 5.69 Å². The molecule has 1 amide bonds. The molecule has 0 saturated carbocycles. The molecule has 35 heavy (non-hydrogen) atoms. The number of hydrogen-bond acceptors (Lipinski definition) is 5. The Morgan fingerprint density at radius 2 is 1.54 bits per heavy atom. The van der Waals surface area contributed by atoms with Crippen molar-refractivity contribution in [3.63, 3.8) is 0 Å². The molecule has 0 aliphatic rings. The van der Waals surface area contributed by atoms with Crippen LogP contribution in [0.4, 0.5) is 24.5 Å². The highest BCUT2D eigenvalue weighted by Crippen LogP contribution is 2.33. The van der Waals surface area contributed by atoms with E-state index in [4.69, 9.17) is 4.74 Å². The maximum absolute atomic E-state index is 13.6. The first-order valence-electron chi connectivity index (χ1n) is 10.3. The average molecular weight is 509 g/mol. The highest BCUT2D eigenvalue weighted by atomic mass is 32.2. The van der Waals surface area contributed by atoms with Gasteiger partial charge in [0.25, 0.3) is 10.0 Å². The Hall–Kier alpha value is -3.73. The third kappa shape index (κ3) is 6.66. The Labute approximate surface area is 201 Å². The molecule has 0 aromatic heterocycles. The summed E-state index contributed by atoms with van der Waals surface area (Å²) in [4.78, 5) is 12.8. The molecule has 0 spiro atoms. The fourth-order valence-electron chi connectivity index (χ4n) is 3.20. The first kappa shape index (κ1) is 25.9. The first-order chi connectivity index (χ1) is 16.4. The Morgan fingerprint density at radius 1 is 0.943 bits per heavy atom. The molecular formula is C24H23F3N2O5S. The van der Waals surface area contributed by atoms with Crippen molar-refractivity contribution >= 4 is 27.3 Å². The van der Waals surface area contributed by atoms with Gasteiger partial charge in [-0.15, -0.1) is 13.2 Å². The van der Waals surface area contributed by atoms with Crippen molar-refractivity contribution < 1.29 is 35.9 Å². The molecule has 0 saturated heterocycles. The number of rotatable bonds is 8. The average Bonchev–Trinajstić information content (AvgIpc) is 2.78.